The number of imide groups is 1. The number of non-ortho nitro benzene ring substituents is 1. The molecule has 0 radical (unpaired) electrons. The van der Waals surface area contributed by atoms with Crippen LogP contribution in [0.1, 0.15) is 12.7 Å². The molecule has 1 aromatic carbocycles. The third-order valence-corrected chi connectivity index (χ3v) is 5.24. The number of hydrogen-bond donors (Lipinski definition) is 1. The summed E-state index contributed by atoms with van der Waals surface area (Å²) in [7, 11) is 0. The van der Waals surface area contributed by atoms with Crippen LogP contribution < -0.4 is 5.32 Å². The molecular formula is C18H9Br2N3O5. The number of carbonyl (C=O) groups is 2. The van der Waals surface area contributed by atoms with E-state index in [0.29, 0.717) is 26.0 Å². The van der Waals surface area contributed by atoms with Gasteiger partial charge in [0.25, 0.3) is 17.5 Å². The summed E-state index contributed by atoms with van der Waals surface area (Å²) in [6, 6.07) is 7.73. The average molecular weight is 507 g/mol. The van der Waals surface area contributed by atoms with Crippen LogP contribution in [0.25, 0.3) is 17.4 Å². The van der Waals surface area contributed by atoms with E-state index in [9.17, 15) is 19.7 Å². The van der Waals surface area contributed by atoms with Crippen molar-refractivity contribution < 1.29 is 18.9 Å². The van der Waals surface area contributed by atoms with Gasteiger partial charge in [-0.2, -0.15) is 5.26 Å². The highest BCUT2D eigenvalue weighted by atomic mass is 79.9. The number of hydrogen-bond acceptors (Lipinski definition) is 6. The first kappa shape index (κ1) is 19.7. The molecule has 0 saturated carbocycles. The van der Waals surface area contributed by atoms with E-state index in [2.05, 4.69) is 37.2 Å². The Morgan fingerprint density at radius 1 is 1.21 bits per heavy atom. The minimum atomic E-state index is -0.735. The Balaban J connectivity index is 2.05. The molecule has 0 bridgehead atoms. The van der Waals surface area contributed by atoms with E-state index < -0.39 is 16.7 Å². The molecule has 1 aliphatic rings. The molecule has 0 saturated heterocycles. The molecule has 0 aliphatic carbocycles. The Morgan fingerprint density at radius 3 is 2.43 bits per heavy atom. The number of nitrogens with zero attached hydrogens (tertiary/aromatic N) is 2. The van der Waals surface area contributed by atoms with Gasteiger partial charge in [-0.05, 0) is 62.6 Å². The summed E-state index contributed by atoms with van der Waals surface area (Å²) in [5, 5.41) is 22.2. The standard InChI is InChI=1S/C18H9Br2N3O5/c1-8-11(17(24)22-18(25)12(8)7-21)6-10-2-3-15(28-10)16-13(19)4-9(23(26)27)5-14(16)20/h2-6H,1H3,(H,22,24,25)/b11-6-. The molecule has 0 fully saturated rings. The maximum Gasteiger partial charge on any atom is 0.271 e. The number of carbonyl (C=O) groups excluding carboxylic acids is 2. The van der Waals surface area contributed by atoms with Crippen LogP contribution in [-0.4, -0.2) is 16.7 Å². The second kappa shape index (κ2) is 7.53. The van der Waals surface area contributed by atoms with Crippen molar-refractivity contribution >= 4 is 55.4 Å². The van der Waals surface area contributed by atoms with Crippen LogP contribution in [0, 0.1) is 21.4 Å². The largest absolute Gasteiger partial charge is 0.457 e. The van der Waals surface area contributed by atoms with Crippen LogP contribution in [-0.2, 0) is 9.59 Å². The van der Waals surface area contributed by atoms with E-state index in [0.717, 1.165) is 0 Å². The molecule has 0 atom stereocenters. The zero-order valence-electron chi connectivity index (χ0n) is 14.1. The second-order valence-corrected chi connectivity index (χ2v) is 7.41. The number of furan rings is 1. The fourth-order valence-corrected chi connectivity index (χ4v) is 4.18. The highest BCUT2D eigenvalue weighted by Crippen LogP contribution is 2.39. The van der Waals surface area contributed by atoms with E-state index in [1.54, 1.807) is 18.2 Å². The van der Waals surface area contributed by atoms with Gasteiger partial charge in [-0.3, -0.25) is 25.0 Å². The minimum absolute atomic E-state index is 0.0928. The first-order valence-electron chi connectivity index (χ1n) is 7.65. The maximum absolute atomic E-state index is 12.1. The molecule has 140 valence electrons. The summed E-state index contributed by atoms with van der Waals surface area (Å²) >= 11 is 6.60. The lowest BCUT2D eigenvalue weighted by atomic mass is 9.96. The number of halogens is 2. The van der Waals surface area contributed by atoms with E-state index in [1.165, 1.54) is 25.1 Å². The summed E-state index contributed by atoms with van der Waals surface area (Å²) < 4.78 is 6.65. The average Bonchev–Trinajstić information content (AvgIpc) is 3.06. The van der Waals surface area contributed by atoms with Crippen LogP contribution in [0.5, 0.6) is 0 Å². The van der Waals surface area contributed by atoms with Gasteiger partial charge in [0.2, 0.25) is 0 Å². The minimum Gasteiger partial charge on any atom is -0.457 e. The predicted molar refractivity (Wildman–Crippen MR) is 106 cm³/mol. The molecule has 0 unspecified atom stereocenters. The Morgan fingerprint density at radius 2 is 1.86 bits per heavy atom. The molecule has 2 heterocycles. The van der Waals surface area contributed by atoms with Crippen molar-refractivity contribution in [2.45, 2.75) is 6.92 Å². The topological polar surface area (TPSA) is 126 Å². The van der Waals surface area contributed by atoms with Crippen molar-refractivity contribution in [2.75, 3.05) is 0 Å². The number of nitrogens with one attached hydrogen (secondary N) is 1. The van der Waals surface area contributed by atoms with Gasteiger partial charge in [0.05, 0.1) is 4.92 Å². The maximum atomic E-state index is 12.1. The second-order valence-electron chi connectivity index (χ2n) is 5.70. The van der Waals surface area contributed by atoms with Crippen molar-refractivity contribution in [3.8, 4) is 17.4 Å². The van der Waals surface area contributed by atoms with E-state index in [-0.39, 0.29) is 22.4 Å². The van der Waals surface area contributed by atoms with Crippen LogP contribution in [0.4, 0.5) is 5.69 Å². The van der Waals surface area contributed by atoms with Gasteiger partial charge in [0, 0.05) is 32.2 Å². The zero-order chi connectivity index (χ0) is 20.6. The summed E-state index contributed by atoms with van der Waals surface area (Å²) in [4.78, 5) is 34.2. The molecule has 3 rings (SSSR count). The molecule has 1 aromatic heterocycles. The number of rotatable bonds is 3. The van der Waals surface area contributed by atoms with Crippen molar-refractivity contribution in [3.63, 3.8) is 0 Å². The van der Waals surface area contributed by atoms with Crippen molar-refractivity contribution in [3.05, 3.63) is 65.8 Å². The van der Waals surface area contributed by atoms with E-state index in [4.69, 9.17) is 9.68 Å². The molecule has 1 N–H and O–H groups in total. The van der Waals surface area contributed by atoms with Crippen LogP contribution in [0.3, 0.4) is 0 Å². The number of benzene rings is 1. The summed E-state index contributed by atoms with van der Waals surface area (Å²) in [5.41, 5.74) is 0.720. The molecule has 8 nitrogen and oxygen atoms in total. The Labute approximate surface area is 174 Å². The van der Waals surface area contributed by atoms with Gasteiger partial charge in [0.15, 0.2) is 0 Å². The fraction of sp³-hybridized carbons (Fsp3) is 0.0556. The number of nitro benzene ring substituents is 1. The van der Waals surface area contributed by atoms with Crippen molar-refractivity contribution in [1.82, 2.24) is 5.32 Å². The van der Waals surface area contributed by atoms with Gasteiger partial charge in [-0.25, -0.2) is 0 Å². The highest BCUT2D eigenvalue weighted by Gasteiger charge is 2.28. The molecular weight excluding hydrogens is 498 g/mol. The lowest BCUT2D eigenvalue weighted by molar-refractivity contribution is -0.385. The van der Waals surface area contributed by atoms with Gasteiger partial charge in [-0.15, -0.1) is 0 Å². The van der Waals surface area contributed by atoms with Gasteiger partial charge >= 0.3 is 0 Å². The zero-order valence-corrected chi connectivity index (χ0v) is 17.3. The SMILES string of the molecule is CC1=C(C#N)C(=O)NC(=O)/C1=C\c1ccc(-c2c(Br)cc([N+](=O)[O-])cc2Br)o1. The quantitative estimate of drug-likeness (QED) is 0.287. The molecule has 0 spiro atoms. The van der Waals surface area contributed by atoms with Crippen molar-refractivity contribution in [2.24, 2.45) is 0 Å². The van der Waals surface area contributed by atoms with E-state index >= 15 is 0 Å². The van der Waals surface area contributed by atoms with Crippen LogP contribution >= 0.6 is 31.9 Å². The van der Waals surface area contributed by atoms with Gasteiger partial charge in [0.1, 0.15) is 23.2 Å². The molecule has 1 aliphatic heterocycles. The summed E-state index contributed by atoms with van der Waals surface area (Å²) in [6.07, 6.45) is 1.42. The lowest BCUT2D eigenvalue weighted by Crippen LogP contribution is -2.37. The fourth-order valence-electron chi connectivity index (χ4n) is 2.62. The Kier molecular flexibility index (Phi) is 5.31. The summed E-state index contributed by atoms with van der Waals surface area (Å²) in [5.74, 6) is -0.656. The van der Waals surface area contributed by atoms with E-state index in [1.807, 2.05) is 0 Å². The highest BCUT2D eigenvalue weighted by molar-refractivity contribution is 9.11. The monoisotopic (exact) mass is 505 g/mol. The lowest BCUT2D eigenvalue weighted by Gasteiger charge is -2.15. The first-order valence-corrected chi connectivity index (χ1v) is 9.24. The number of nitro groups is 1. The van der Waals surface area contributed by atoms with Crippen LogP contribution in [0.15, 0.2) is 54.3 Å². The number of amides is 2. The molecule has 2 aromatic rings. The number of nitriles is 1. The normalized spacial score (nSPS) is 15.6. The smallest absolute Gasteiger partial charge is 0.271 e. The van der Waals surface area contributed by atoms with Crippen molar-refractivity contribution in [1.29, 1.82) is 5.26 Å². The van der Waals surface area contributed by atoms with Gasteiger partial charge < -0.3 is 4.42 Å². The molecule has 10 heteroatoms. The molecule has 28 heavy (non-hydrogen) atoms. The van der Waals surface area contributed by atoms with Gasteiger partial charge in [-0.1, -0.05) is 0 Å². The first-order chi connectivity index (χ1) is 13.2. The molecule has 2 amide bonds. The predicted octanol–water partition coefficient (Wildman–Crippen LogP) is 4.26. The third kappa shape index (κ3) is 3.54. The Bertz CT molecular complexity index is 1130. The third-order valence-electron chi connectivity index (χ3n) is 3.99. The Hall–Kier alpha value is -3.03. The van der Waals surface area contributed by atoms with Crippen LogP contribution in [0.2, 0.25) is 0 Å². The summed E-state index contributed by atoms with van der Waals surface area (Å²) in [6.45, 7) is 1.51.